The zero-order chi connectivity index (χ0) is 18.3. The lowest BCUT2D eigenvalue weighted by Crippen LogP contribution is -2.42. The zero-order valence-electron chi connectivity index (χ0n) is 15.3. The van der Waals surface area contributed by atoms with Crippen molar-refractivity contribution in [2.75, 3.05) is 32.7 Å². The highest BCUT2D eigenvalue weighted by Crippen LogP contribution is 2.30. The van der Waals surface area contributed by atoms with Crippen molar-refractivity contribution < 1.29 is 13.2 Å². The molecule has 0 radical (unpaired) electrons. The van der Waals surface area contributed by atoms with Gasteiger partial charge < -0.3 is 15.5 Å². The maximum Gasteiger partial charge on any atom is 0.435 e. The highest BCUT2D eigenvalue weighted by Gasteiger charge is 2.36. The van der Waals surface area contributed by atoms with Gasteiger partial charge in [0.25, 0.3) is 0 Å². The van der Waals surface area contributed by atoms with E-state index in [1.165, 1.54) is 37.2 Å². The second-order valence-corrected chi connectivity index (χ2v) is 6.20. The molecule has 0 aliphatic carbocycles. The van der Waals surface area contributed by atoms with Crippen LogP contribution >= 0.6 is 24.0 Å². The first-order valence-corrected chi connectivity index (χ1v) is 8.74. The highest BCUT2D eigenvalue weighted by molar-refractivity contribution is 14.0. The quantitative estimate of drug-likeness (QED) is 0.368. The van der Waals surface area contributed by atoms with E-state index in [1.807, 2.05) is 6.92 Å². The Labute approximate surface area is 169 Å². The van der Waals surface area contributed by atoms with Crippen molar-refractivity contribution >= 4 is 29.9 Å². The molecule has 0 aromatic carbocycles. The van der Waals surface area contributed by atoms with E-state index in [0.717, 1.165) is 19.6 Å². The van der Waals surface area contributed by atoms with E-state index in [2.05, 4.69) is 25.6 Å². The molecule has 1 aliphatic rings. The topological polar surface area (TPSA) is 57.5 Å². The normalized spacial score (nSPS) is 16.3. The van der Waals surface area contributed by atoms with E-state index >= 15 is 0 Å². The number of likely N-dealkylation sites (tertiary alicyclic amines) is 1. The van der Waals surface area contributed by atoms with Gasteiger partial charge >= 0.3 is 6.18 Å². The number of nitrogens with zero attached hydrogens (tertiary/aromatic N) is 4. The lowest BCUT2D eigenvalue weighted by atomic mass is 10.1. The third-order valence-corrected chi connectivity index (χ3v) is 4.09. The number of aliphatic imine (C=N–C) groups is 1. The first-order chi connectivity index (χ1) is 11.9. The Morgan fingerprint density at radius 3 is 2.54 bits per heavy atom. The van der Waals surface area contributed by atoms with E-state index < -0.39 is 11.9 Å². The fourth-order valence-corrected chi connectivity index (χ4v) is 2.91. The van der Waals surface area contributed by atoms with E-state index in [-0.39, 0.29) is 36.1 Å². The Morgan fingerprint density at radius 2 is 1.92 bits per heavy atom. The Bertz CT molecular complexity index is 567. The maximum atomic E-state index is 13.0. The summed E-state index contributed by atoms with van der Waals surface area (Å²) < 4.78 is 40.1. The number of aromatic nitrogens is 2. The SMILES string of the molecule is CCNC(=NCc1cn(C)nc1C(F)(F)F)NCCN1CCCCC1.I. The van der Waals surface area contributed by atoms with Crippen LogP contribution in [0.3, 0.4) is 0 Å². The lowest BCUT2D eigenvalue weighted by molar-refractivity contribution is -0.142. The van der Waals surface area contributed by atoms with Crippen molar-refractivity contribution in [1.29, 1.82) is 0 Å². The van der Waals surface area contributed by atoms with Gasteiger partial charge in [-0.25, -0.2) is 4.99 Å². The molecule has 0 unspecified atom stereocenters. The minimum Gasteiger partial charge on any atom is -0.357 e. The summed E-state index contributed by atoms with van der Waals surface area (Å²) in [5, 5.41) is 9.76. The van der Waals surface area contributed by atoms with Crippen LogP contribution in [0, 0.1) is 0 Å². The molecule has 1 saturated heterocycles. The second-order valence-electron chi connectivity index (χ2n) is 6.20. The van der Waals surface area contributed by atoms with E-state index in [9.17, 15) is 13.2 Å². The minimum absolute atomic E-state index is 0. The molecule has 1 aromatic heterocycles. The predicted octanol–water partition coefficient (Wildman–Crippen LogP) is 2.60. The Morgan fingerprint density at radius 1 is 1.23 bits per heavy atom. The van der Waals surface area contributed by atoms with Crippen molar-refractivity contribution in [2.24, 2.45) is 12.0 Å². The van der Waals surface area contributed by atoms with E-state index in [1.54, 1.807) is 0 Å². The summed E-state index contributed by atoms with van der Waals surface area (Å²) in [5.74, 6) is 0.525. The molecule has 10 heteroatoms. The summed E-state index contributed by atoms with van der Waals surface area (Å²) in [6.45, 7) is 6.35. The number of aryl methyl sites for hydroxylation is 1. The number of rotatable bonds is 6. The Hall–Kier alpha value is -1.04. The lowest BCUT2D eigenvalue weighted by Gasteiger charge is -2.26. The molecular weight excluding hydrogens is 460 g/mol. The van der Waals surface area contributed by atoms with Crippen molar-refractivity contribution in [2.45, 2.75) is 38.9 Å². The molecule has 2 heterocycles. The van der Waals surface area contributed by atoms with Crippen molar-refractivity contribution in [3.8, 4) is 0 Å². The molecule has 0 spiro atoms. The van der Waals surface area contributed by atoms with Crippen LogP contribution in [-0.2, 0) is 19.8 Å². The van der Waals surface area contributed by atoms with Crippen molar-refractivity contribution in [1.82, 2.24) is 25.3 Å². The van der Waals surface area contributed by atoms with Crippen LogP contribution in [0.4, 0.5) is 13.2 Å². The van der Waals surface area contributed by atoms with Crippen LogP contribution in [0.1, 0.15) is 37.4 Å². The standard InChI is InChI=1S/C16H27F3N6.HI/c1-3-20-15(21-7-10-25-8-5-4-6-9-25)22-11-13-12-24(2)23-14(13)16(17,18)19;/h12H,3-11H2,1-2H3,(H2,20,21,22);1H. The number of alkyl halides is 3. The van der Waals surface area contributed by atoms with Crippen LogP contribution in [0.15, 0.2) is 11.2 Å². The molecule has 6 nitrogen and oxygen atoms in total. The average molecular weight is 488 g/mol. The molecule has 26 heavy (non-hydrogen) atoms. The number of halogens is 4. The summed E-state index contributed by atoms with van der Waals surface area (Å²) >= 11 is 0. The predicted molar refractivity (Wildman–Crippen MR) is 107 cm³/mol. The summed E-state index contributed by atoms with van der Waals surface area (Å²) in [7, 11) is 1.48. The van der Waals surface area contributed by atoms with E-state index in [4.69, 9.17) is 0 Å². The van der Waals surface area contributed by atoms with Gasteiger partial charge in [-0.1, -0.05) is 6.42 Å². The highest BCUT2D eigenvalue weighted by atomic mass is 127. The average Bonchev–Trinajstić information content (AvgIpc) is 2.95. The molecule has 2 rings (SSSR count). The Balaban J connectivity index is 0.00000338. The molecular formula is C16H28F3IN6. The van der Waals surface area contributed by atoms with Crippen LogP contribution in [0.25, 0.3) is 0 Å². The van der Waals surface area contributed by atoms with Crippen LogP contribution < -0.4 is 10.6 Å². The number of piperidine rings is 1. The smallest absolute Gasteiger partial charge is 0.357 e. The maximum absolute atomic E-state index is 13.0. The molecule has 0 atom stereocenters. The third-order valence-electron chi connectivity index (χ3n) is 4.09. The van der Waals surface area contributed by atoms with E-state index in [0.29, 0.717) is 19.0 Å². The molecule has 1 aromatic rings. The fourth-order valence-electron chi connectivity index (χ4n) is 2.91. The van der Waals surface area contributed by atoms with Crippen LogP contribution in [0.2, 0.25) is 0 Å². The molecule has 0 bridgehead atoms. The van der Waals surface area contributed by atoms with Gasteiger partial charge in [0.05, 0.1) is 6.54 Å². The monoisotopic (exact) mass is 488 g/mol. The second kappa shape index (κ2) is 11.0. The largest absolute Gasteiger partial charge is 0.435 e. The first-order valence-electron chi connectivity index (χ1n) is 8.74. The fraction of sp³-hybridized carbons (Fsp3) is 0.750. The summed E-state index contributed by atoms with van der Waals surface area (Å²) in [5.41, 5.74) is -0.800. The summed E-state index contributed by atoms with van der Waals surface area (Å²) in [4.78, 5) is 6.67. The van der Waals surface area contributed by atoms with Gasteiger partial charge in [-0.3, -0.25) is 4.68 Å². The number of guanidine groups is 1. The molecule has 150 valence electrons. The number of nitrogens with one attached hydrogen (secondary N) is 2. The van der Waals surface area contributed by atoms with Crippen molar-refractivity contribution in [3.05, 3.63) is 17.5 Å². The molecule has 2 N–H and O–H groups in total. The molecule has 1 fully saturated rings. The molecule has 1 aliphatic heterocycles. The summed E-state index contributed by atoms with van der Waals surface area (Å²) in [6.07, 6.45) is 0.654. The molecule has 0 saturated carbocycles. The first kappa shape index (κ1) is 23.0. The number of hydrogen-bond donors (Lipinski definition) is 2. The zero-order valence-corrected chi connectivity index (χ0v) is 17.6. The van der Waals surface area contributed by atoms with Gasteiger partial charge in [-0.15, -0.1) is 24.0 Å². The Kier molecular flexibility index (Phi) is 9.69. The van der Waals surface area contributed by atoms with Crippen LogP contribution in [-0.4, -0.2) is 53.4 Å². The van der Waals surface area contributed by atoms with Gasteiger partial charge in [0.1, 0.15) is 0 Å². The van der Waals surface area contributed by atoms with Crippen molar-refractivity contribution in [3.63, 3.8) is 0 Å². The molecule has 0 amide bonds. The number of hydrogen-bond acceptors (Lipinski definition) is 3. The van der Waals surface area contributed by atoms with Gasteiger partial charge in [-0.2, -0.15) is 18.3 Å². The minimum atomic E-state index is -4.47. The van der Waals surface area contributed by atoms with Gasteiger partial charge in [0.2, 0.25) is 0 Å². The van der Waals surface area contributed by atoms with Crippen LogP contribution in [0.5, 0.6) is 0 Å². The summed E-state index contributed by atoms with van der Waals surface area (Å²) in [6, 6.07) is 0. The van der Waals surface area contributed by atoms with Gasteiger partial charge in [0.15, 0.2) is 11.7 Å². The van der Waals surface area contributed by atoms with Gasteiger partial charge in [-0.05, 0) is 32.9 Å². The van der Waals surface area contributed by atoms with Gasteiger partial charge in [0, 0.05) is 38.4 Å². The third kappa shape index (κ3) is 7.29.